The molecule has 0 bridgehead atoms. The summed E-state index contributed by atoms with van der Waals surface area (Å²) in [6.45, 7) is 0. The average molecular weight is 330 g/mol. The van der Waals surface area contributed by atoms with Gasteiger partial charge in [-0.3, -0.25) is 4.79 Å². The third-order valence-electron chi connectivity index (χ3n) is 1.96. The predicted octanol–water partition coefficient (Wildman–Crippen LogP) is 3.86. The molecule has 0 saturated carbocycles. The van der Waals surface area contributed by atoms with Crippen LogP contribution in [0.5, 0.6) is 0 Å². The summed E-state index contributed by atoms with van der Waals surface area (Å²) in [7, 11) is 0. The molecule has 3 nitrogen and oxygen atoms in total. The van der Waals surface area contributed by atoms with Crippen molar-refractivity contribution in [2.45, 2.75) is 9.92 Å². The number of hydrogen-bond acceptors (Lipinski definition) is 4. The zero-order valence-corrected chi connectivity index (χ0v) is 11.6. The molecule has 86 valence electrons. The molecule has 0 amide bonds. The van der Waals surface area contributed by atoms with Crippen LogP contribution in [-0.4, -0.2) is 16.3 Å². The quantitative estimate of drug-likeness (QED) is 0.633. The van der Waals surface area contributed by atoms with Gasteiger partial charge in [0, 0.05) is 9.37 Å². The van der Waals surface area contributed by atoms with Gasteiger partial charge in [0.15, 0.2) is 6.29 Å². The molecule has 1 aromatic heterocycles. The van der Waals surface area contributed by atoms with E-state index in [1.54, 1.807) is 0 Å². The summed E-state index contributed by atoms with van der Waals surface area (Å²) < 4.78 is 0.941. The van der Waals surface area contributed by atoms with Crippen LogP contribution in [0.3, 0.4) is 0 Å². The van der Waals surface area contributed by atoms with Crippen LogP contribution in [0.4, 0.5) is 0 Å². The van der Waals surface area contributed by atoms with E-state index in [2.05, 4.69) is 25.9 Å². The monoisotopic (exact) mass is 328 g/mol. The predicted molar refractivity (Wildman–Crippen MR) is 70.7 cm³/mol. The van der Waals surface area contributed by atoms with Gasteiger partial charge in [-0.05, 0) is 28.1 Å². The lowest BCUT2D eigenvalue weighted by Gasteiger charge is -2.05. The molecule has 2 rings (SSSR count). The lowest BCUT2D eigenvalue weighted by Crippen LogP contribution is -1.93. The Morgan fingerprint density at radius 2 is 2.06 bits per heavy atom. The average Bonchev–Trinajstić information content (AvgIpc) is 2.32. The van der Waals surface area contributed by atoms with Crippen molar-refractivity contribution in [1.82, 2.24) is 9.97 Å². The summed E-state index contributed by atoms with van der Waals surface area (Å²) in [4.78, 5) is 19.7. The minimum Gasteiger partial charge on any atom is -0.298 e. The second kappa shape index (κ2) is 5.62. The van der Waals surface area contributed by atoms with Crippen molar-refractivity contribution in [2.24, 2.45) is 0 Å². The maximum atomic E-state index is 10.9. The van der Waals surface area contributed by atoms with Crippen molar-refractivity contribution in [3.8, 4) is 0 Å². The fourth-order valence-electron chi connectivity index (χ4n) is 1.17. The van der Waals surface area contributed by atoms with Gasteiger partial charge in [-0.15, -0.1) is 0 Å². The second-order valence-corrected chi connectivity index (χ2v) is 5.28. The van der Waals surface area contributed by atoms with Crippen LogP contribution in [0.15, 0.2) is 45.0 Å². The third kappa shape index (κ3) is 2.86. The second-order valence-electron chi connectivity index (χ2n) is 3.03. The first-order chi connectivity index (χ1) is 8.22. The van der Waals surface area contributed by atoms with E-state index in [-0.39, 0.29) is 5.15 Å². The van der Waals surface area contributed by atoms with E-state index in [4.69, 9.17) is 11.6 Å². The first-order valence-electron chi connectivity index (χ1n) is 4.60. The van der Waals surface area contributed by atoms with Gasteiger partial charge in [0.05, 0.1) is 5.56 Å². The van der Waals surface area contributed by atoms with Crippen LogP contribution in [-0.2, 0) is 0 Å². The lowest BCUT2D eigenvalue weighted by atomic mass is 10.4. The summed E-state index contributed by atoms with van der Waals surface area (Å²) in [5, 5.41) is 0.719. The van der Waals surface area contributed by atoms with Crippen LogP contribution in [0, 0.1) is 0 Å². The zero-order chi connectivity index (χ0) is 12.3. The molecule has 0 unspecified atom stereocenters. The van der Waals surface area contributed by atoms with Gasteiger partial charge in [0.25, 0.3) is 0 Å². The van der Waals surface area contributed by atoms with E-state index in [1.165, 1.54) is 18.1 Å². The number of aldehydes is 1. The summed E-state index contributed by atoms with van der Waals surface area (Å²) in [5.41, 5.74) is 0.315. The van der Waals surface area contributed by atoms with Crippen molar-refractivity contribution in [2.75, 3.05) is 0 Å². The molecule has 0 radical (unpaired) electrons. The van der Waals surface area contributed by atoms with E-state index in [0.29, 0.717) is 16.9 Å². The van der Waals surface area contributed by atoms with E-state index >= 15 is 0 Å². The number of nitrogens with zero attached hydrogens (tertiary/aromatic N) is 2. The standard InChI is InChI=1S/C11H6BrClN2OS/c12-8-3-1-2-4-9(8)17-11-7(5-16)10(13)14-6-15-11/h1-6H. The Kier molecular flexibility index (Phi) is 4.15. The van der Waals surface area contributed by atoms with Gasteiger partial charge < -0.3 is 0 Å². The maximum absolute atomic E-state index is 10.9. The van der Waals surface area contributed by atoms with E-state index in [9.17, 15) is 4.79 Å². The van der Waals surface area contributed by atoms with Gasteiger partial charge in [0.1, 0.15) is 16.5 Å². The van der Waals surface area contributed by atoms with Gasteiger partial charge >= 0.3 is 0 Å². The van der Waals surface area contributed by atoms with Crippen LogP contribution in [0.25, 0.3) is 0 Å². The Labute approximate surface area is 116 Å². The molecule has 0 aliphatic heterocycles. The van der Waals surface area contributed by atoms with Crippen LogP contribution in [0.1, 0.15) is 10.4 Å². The highest BCUT2D eigenvalue weighted by atomic mass is 79.9. The Bertz CT molecular complexity index is 565. The topological polar surface area (TPSA) is 42.9 Å². The van der Waals surface area contributed by atoms with E-state index < -0.39 is 0 Å². The Morgan fingerprint density at radius 1 is 1.29 bits per heavy atom. The smallest absolute Gasteiger partial charge is 0.155 e. The van der Waals surface area contributed by atoms with E-state index in [0.717, 1.165) is 9.37 Å². The van der Waals surface area contributed by atoms with Gasteiger partial charge in [0.2, 0.25) is 0 Å². The molecule has 0 spiro atoms. The van der Waals surface area contributed by atoms with Crippen molar-refractivity contribution in [3.05, 3.63) is 45.8 Å². The first-order valence-corrected chi connectivity index (χ1v) is 6.59. The number of halogens is 2. The third-order valence-corrected chi connectivity index (χ3v) is 4.31. The van der Waals surface area contributed by atoms with Crippen molar-refractivity contribution < 1.29 is 4.79 Å². The molecule has 2 aromatic rings. The lowest BCUT2D eigenvalue weighted by molar-refractivity contribution is 0.112. The zero-order valence-electron chi connectivity index (χ0n) is 8.43. The molecule has 6 heteroatoms. The molecule has 0 fully saturated rings. The fourth-order valence-corrected chi connectivity index (χ4v) is 2.81. The van der Waals surface area contributed by atoms with Crippen molar-refractivity contribution in [1.29, 1.82) is 0 Å². The van der Waals surface area contributed by atoms with Gasteiger partial charge in [-0.25, -0.2) is 9.97 Å². The molecule has 0 N–H and O–H groups in total. The number of aromatic nitrogens is 2. The van der Waals surface area contributed by atoms with Gasteiger partial charge in [-0.1, -0.05) is 35.5 Å². The Balaban J connectivity index is 2.40. The highest BCUT2D eigenvalue weighted by Crippen LogP contribution is 2.34. The molecular weight excluding hydrogens is 324 g/mol. The molecule has 17 heavy (non-hydrogen) atoms. The molecule has 0 aliphatic carbocycles. The largest absolute Gasteiger partial charge is 0.298 e. The summed E-state index contributed by atoms with van der Waals surface area (Å²) in [6.07, 6.45) is 2.01. The van der Waals surface area contributed by atoms with Crippen LogP contribution < -0.4 is 0 Å². The molecule has 0 saturated heterocycles. The summed E-state index contributed by atoms with van der Waals surface area (Å²) >= 11 is 10.6. The minimum atomic E-state index is 0.171. The number of carbonyl (C=O) groups excluding carboxylic acids is 1. The van der Waals surface area contributed by atoms with Crippen molar-refractivity contribution in [3.63, 3.8) is 0 Å². The molecule has 1 aromatic carbocycles. The number of hydrogen-bond donors (Lipinski definition) is 0. The SMILES string of the molecule is O=Cc1c(Cl)ncnc1Sc1ccccc1Br. The Hall–Kier alpha value is -0.910. The van der Waals surface area contributed by atoms with Crippen LogP contribution in [0.2, 0.25) is 5.15 Å². The summed E-state index contributed by atoms with van der Waals surface area (Å²) in [6, 6.07) is 7.68. The normalized spacial score (nSPS) is 10.2. The molecule has 1 heterocycles. The minimum absolute atomic E-state index is 0.171. The number of benzene rings is 1. The molecule has 0 atom stereocenters. The van der Waals surface area contributed by atoms with Crippen molar-refractivity contribution >= 4 is 45.6 Å². The fraction of sp³-hybridized carbons (Fsp3) is 0. The first kappa shape index (κ1) is 12.5. The number of rotatable bonds is 3. The highest BCUT2D eigenvalue weighted by Gasteiger charge is 2.11. The molecular formula is C11H6BrClN2OS. The van der Waals surface area contributed by atoms with Crippen LogP contribution >= 0.6 is 39.3 Å². The highest BCUT2D eigenvalue weighted by molar-refractivity contribution is 9.10. The number of carbonyl (C=O) groups is 1. The Morgan fingerprint density at radius 3 is 2.76 bits per heavy atom. The summed E-state index contributed by atoms with van der Waals surface area (Å²) in [5.74, 6) is 0. The molecule has 0 aliphatic rings. The maximum Gasteiger partial charge on any atom is 0.155 e. The van der Waals surface area contributed by atoms with Gasteiger partial charge in [-0.2, -0.15) is 0 Å². The van der Waals surface area contributed by atoms with E-state index in [1.807, 2.05) is 24.3 Å².